The molecule has 0 N–H and O–H groups in total. The standard InChI is InChI=1S/C14H16F2Si/c1-17(2,3)10-9-13(14(15)16)11-12-7-5-4-6-8-12/h4-8H,11H2,1-3H3. The Hall–Kier alpha value is -1.40. The van der Waals surface area contributed by atoms with Crippen LogP contribution in [0.3, 0.4) is 0 Å². The minimum Gasteiger partial charge on any atom is -0.172 e. The molecule has 90 valence electrons. The molecule has 0 heterocycles. The van der Waals surface area contributed by atoms with Gasteiger partial charge in [0.1, 0.15) is 8.07 Å². The SMILES string of the molecule is C[Si](C)(C)C#CC(Cc1ccccc1)=C(F)F. The number of allylic oxidation sites excluding steroid dienone is 1. The minimum atomic E-state index is -1.67. The minimum absolute atomic E-state index is 0.0568. The molecule has 0 aliphatic rings. The number of hydrogen-bond donors (Lipinski definition) is 0. The van der Waals surface area contributed by atoms with Gasteiger partial charge in [-0.1, -0.05) is 55.9 Å². The molecule has 0 aliphatic heterocycles. The Balaban J connectivity index is 2.90. The Bertz CT molecular complexity index is 454. The maximum Gasteiger partial charge on any atom is 0.282 e. The van der Waals surface area contributed by atoms with E-state index in [2.05, 4.69) is 11.5 Å². The smallest absolute Gasteiger partial charge is 0.172 e. The monoisotopic (exact) mass is 250 g/mol. The van der Waals surface area contributed by atoms with Crippen molar-refractivity contribution in [2.45, 2.75) is 26.1 Å². The lowest BCUT2D eigenvalue weighted by Gasteiger charge is -2.04. The van der Waals surface area contributed by atoms with Crippen molar-refractivity contribution in [3.63, 3.8) is 0 Å². The molecular weight excluding hydrogens is 234 g/mol. The van der Waals surface area contributed by atoms with Crippen LogP contribution in [-0.2, 0) is 6.42 Å². The number of benzene rings is 1. The topological polar surface area (TPSA) is 0 Å². The normalized spacial score (nSPS) is 10.4. The van der Waals surface area contributed by atoms with Crippen molar-refractivity contribution in [1.29, 1.82) is 0 Å². The highest BCUT2D eigenvalue weighted by atomic mass is 28.3. The molecule has 1 aromatic carbocycles. The molecule has 0 spiro atoms. The molecular formula is C14H16F2Si. The van der Waals surface area contributed by atoms with Crippen LogP contribution in [0.1, 0.15) is 5.56 Å². The average molecular weight is 250 g/mol. The molecule has 0 aliphatic carbocycles. The fourth-order valence-corrected chi connectivity index (χ4v) is 1.75. The fraction of sp³-hybridized carbons (Fsp3) is 0.286. The van der Waals surface area contributed by atoms with E-state index in [4.69, 9.17) is 0 Å². The Kier molecular flexibility index (Phi) is 4.65. The van der Waals surface area contributed by atoms with Crippen molar-refractivity contribution in [2.75, 3.05) is 0 Å². The molecule has 0 aromatic heterocycles. The summed E-state index contributed by atoms with van der Waals surface area (Å²) in [5.74, 6) is 2.65. The van der Waals surface area contributed by atoms with Crippen molar-refractivity contribution in [3.05, 3.63) is 47.5 Å². The van der Waals surface area contributed by atoms with Crippen LogP contribution < -0.4 is 0 Å². The first kappa shape index (κ1) is 13.7. The molecule has 0 saturated heterocycles. The quantitative estimate of drug-likeness (QED) is 0.543. The lowest BCUT2D eigenvalue weighted by Crippen LogP contribution is -2.16. The second kappa shape index (κ2) is 5.79. The second-order valence-electron chi connectivity index (χ2n) is 4.90. The van der Waals surface area contributed by atoms with E-state index in [-0.39, 0.29) is 12.0 Å². The van der Waals surface area contributed by atoms with Crippen LogP contribution in [0.4, 0.5) is 8.78 Å². The van der Waals surface area contributed by atoms with Gasteiger partial charge >= 0.3 is 0 Å². The Morgan fingerprint density at radius 1 is 1.12 bits per heavy atom. The molecule has 3 heteroatoms. The zero-order valence-electron chi connectivity index (χ0n) is 10.3. The molecule has 0 bridgehead atoms. The van der Waals surface area contributed by atoms with Crippen LogP contribution in [0.5, 0.6) is 0 Å². The summed E-state index contributed by atoms with van der Waals surface area (Å²) in [7, 11) is -1.61. The van der Waals surface area contributed by atoms with Gasteiger partial charge in [-0.2, -0.15) is 8.78 Å². The van der Waals surface area contributed by atoms with Crippen LogP contribution in [0.25, 0.3) is 0 Å². The maximum atomic E-state index is 12.8. The van der Waals surface area contributed by atoms with Crippen molar-refractivity contribution in [3.8, 4) is 11.5 Å². The molecule has 0 radical (unpaired) electrons. The molecule has 1 aromatic rings. The first-order valence-electron chi connectivity index (χ1n) is 5.50. The van der Waals surface area contributed by atoms with E-state index >= 15 is 0 Å². The van der Waals surface area contributed by atoms with E-state index in [1.165, 1.54) is 0 Å². The number of rotatable bonds is 2. The number of hydrogen-bond acceptors (Lipinski definition) is 0. The van der Waals surface area contributed by atoms with Gasteiger partial charge < -0.3 is 0 Å². The van der Waals surface area contributed by atoms with Crippen molar-refractivity contribution in [1.82, 2.24) is 0 Å². The van der Waals surface area contributed by atoms with E-state index in [9.17, 15) is 8.78 Å². The predicted molar refractivity (Wildman–Crippen MR) is 70.5 cm³/mol. The van der Waals surface area contributed by atoms with Crippen LogP contribution in [0, 0.1) is 11.5 Å². The summed E-state index contributed by atoms with van der Waals surface area (Å²) >= 11 is 0. The Morgan fingerprint density at radius 3 is 2.18 bits per heavy atom. The van der Waals surface area contributed by atoms with E-state index in [0.29, 0.717) is 0 Å². The predicted octanol–water partition coefficient (Wildman–Crippen LogP) is 4.26. The van der Waals surface area contributed by atoms with Gasteiger partial charge in [0.25, 0.3) is 6.08 Å². The number of halogens is 2. The molecule has 0 amide bonds. The summed E-state index contributed by atoms with van der Waals surface area (Å²) in [6.07, 6.45) is -1.46. The fourth-order valence-electron chi connectivity index (χ4n) is 1.22. The summed E-state index contributed by atoms with van der Waals surface area (Å²) < 4.78 is 25.5. The van der Waals surface area contributed by atoms with Gasteiger partial charge in [-0.05, 0) is 5.56 Å². The van der Waals surface area contributed by atoms with Crippen molar-refractivity contribution in [2.24, 2.45) is 0 Å². The zero-order chi connectivity index (χ0) is 12.9. The van der Waals surface area contributed by atoms with Gasteiger partial charge in [0, 0.05) is 6.42 Å². The maximum absolute atomic E-state index is 12.8. The van der Waals surface area contributed by atoms with Crippen molar-refractivity contribution >= 4 is 8.07 Å². The molecule has 0 fully saturated rings. The summed E-state index contributed by atoms with van der Waals surface area (Å²) in [6.45, 7) is 6.11. The second-order valence-corrected chi connectivity index (χ2v) is 9.65. The van der Waals surface area contributed by atoms with E-state index in [1.54, 1.807) is 0 Å². The van der Waals surface area contributed by atoms with Gasteiger partial charge in [-0.3, -0.25) is 0 Å². The largest absolute Gasteiger partial charge is 0.282 e. The molecule has 0 atom stereocenters. The van der Waals surface area contributed by atoms with Gasteiger partial charge in [-0.25, -0.2) is 0 Å². The van der Waals surface area contributed by atoms with Crippen molar-refractivity contribution < 1.29 is 8.78 Å². The third-order valence-corrected chi connectivity index (χ3v) is 2.92. The highest BCUT2D eigenvalue weighted by Crippen LogP contribution is 2.14. The van der Waals surface area contributed by atoms with E-state index in [0.717, 1.165) is 5.56 Å². The van der Waals surface area contributed by atoms with E-state index < -0.39 is 14.2 Å². The summed E-state index contributed by atoms with van der Waals surface area (Å²) in [4.78, 5) is 0. The molecule has 0 saturated carbocycles. The van der Waals surface area contributed by atoms with Crippen LogP contribution in [0.2, 0.25) is 19.6 Å². The van der Waals surface area contributed by atoms with Gasteiger partial charge in [-0.15, -0.1) is 5.54 Å². The first-order valence-corrected chi connectivity index (χ1v) is 9.00. The van der Waals surface area contributed by atoms with Crippen LogP contribution in [-0.4, -0.2) is 8.07 Å². The lowest BCUT2D eigenvalue weighted by atomic mass is 10.1. The molecule has 0 unspecified atom stereocenters. The Morgan fingerprint density at radius 2 is 1.71 bits per heavy atom. The summed E-state index contributed by atoms with van der Waals surface area (Å²) in [6, 6.07) is 9.22. The highest BCUT2D eigenvalue weighted by molar-refractivity contribution is 6.83. The van der Waals surface area contributed by atoms with Gasteiger partial charge in [0.2, 0.25) is 0 Å². The third-order valence-electron chi connectivity index (χ3n) is 2.04. The summed E-state index contributed by atoms with van der Waals surface area (Å²) in [5.41, 5.74) is 3.78. The molecule has 0 nitrogen and oxygen atoms in total. The lowest BCUT2D eigenvalue weighted by molar-refractivity contribution is 0.413. The molecule has 17 heavy (non-hydrogen) atoms. The first-order chi connectivity index (χ1) is 7.88. The van der Waals surface area contributed by atoms with E-state index in [1.807, 2.05) is 50.0 Å². The zero-order valence-corrected chi connectivity index (χ0v) is 11.3. The van der Waals surface area contributed by atoms with Gasteiger partial charge in [0.05, 0.1) is 5.57 Å². The Labute approximate surface area is 102 Å². The van der Waals surface area contributed by atoms with Crippen LogP contribution in [0.15, 0.2) is 42.0 Å². The van der Waals surface area contributed by atoms with Crippen LogP contribution >= 0.6 is 0 Å². The molecule has 1 rings (SSSR count). The highest BCUT2D eigenvalue weighted by Gasteiger charge is 2.10. The third kappa shape index (κ3) is 5.46. The average Bonchev–Trinajstić information content (AvgIpc) is 2.24. The van der Waals surface area contributed by atoms with Gasteiger partial charge in [0.15, 0.2) is 0 Å². The summed E-state index contributed by atoms with van der Waals surface area (Å²) in [5, 5.41) is 0.